The highest BCUT2D eigenvalue weighted by Gasteiger charge is 2.21. The van der Waals surface area contributed by atoms with Crippen LogP contribution in [0.4, 0.5) is 0 Å². The normalized spacial score (nSPS) is 11.2. The zero-order valence-corrected chi connectivity index (χ0v) is 17.5. The van der Waals surface area contributed by atoms with E-state index in [9.17, 15) is 4.79 Å². The summed E-state index contributed by atoms with van der Waals surface area (Å²) >= 11 is 1.35. The Bertz CT molecular complexity index is 823. The van der Waals surface area contributed by atoms with Gasteiger partial charge in [-0.2, -0.15) is 0 Å². The Hall–Kier alpha value is -1.86. The summed E-state index contributed by atoms with van der Waals surface area (Å²) in [6.07, 6.45) is 1.61. The van der Waals surface area contributed by atoms with Crippen molar-refractivity contribution in [3.05, 3.63) is 53.6 Å². The summed E-state index contributed by atoms with van der Waals surface area (Å²) in [5, 5.41) is 6.98. The number of hydrogen-bond donors (Lipinski definition) is 2. The van der Waals surface area contributed by atoms with Gasteiger partial charge in [0.2, 0.25) is 0 Å². The van der Waals surface area contributed by atoms with Crippen molar-refractivity contribution in [2.45, 2.75) is 19.9 Å². The second-order valence-electron chi connectivity index (χ2n) is 5.71. The molecule has 3 aromatic rings. The first-order valence-corrected chi connectivity index (χ1v) is 9.12. The summed E-state index contributed by atoms with van der Waals surface area (Å²) in [6.45, 7) is 5.53. The van der Waals surface area contributed by atoms with Gasteiger partial charge in [0, 0.05) is 18.2 Å². The fourth-order valence-electron chi connectivity index (χ4n) is 2.52. The Kier molecular flexibility index (Phi) is 9.52. The molecular formula is C19H23Cl2N3O2S. The molecule has 0 fully saturated rings. The van der Waals surface area contributed by atoms with Gasteiger partial charge in [-0.25, -0.2) is 4.98 Å². The molecule has 1 aromatic carbocycles. The number of carbonyl (C=O) groups excluding carboxylic acids is 1. The number of aromatic nitrogens is 1. The van der Waals surface area contributed by atoms with E-state index in [2.05, 4.69) is 15.6 Å². The minimum Gasteiger partial charge on any atom is -0.462 e. The monoisotopic (exact) mass is 427 g/mol. The van der Waals surface area contributed by atoms with Gasteiger partial charge in [-0.3, -0.25) is 4.79 Å². The van der Waals surface area contributed by atoms with Crippen LogP contribution in [0.2, 0.25) is 0 Å². The number of hydrogen-bond acceptors (Lipinski definition) is 5. The SMILES string of the molecule is CCN[C@H](C)CNC(=O)c1sc(-c2ccco2)nc1-c1ccccc1.Cl.Cl. The van der Waals surface area contributed by atoms with Crippen LogP contribution >= 0.6 is 36.2 Å². The van der Waals surface area contributed by atoms with Crippen LogP contribution in [0.25, 0.3) is 22.0 Å². The van der Waals surface area contributed by atoms with Crippen LogP contribution in [-0.4, -0.2) is 30.0 Å². The van der Waals surface area contributed by atoms with Crippen LogP contribution in [0.1, 0.15) is 23.5 Å². The fourth-order valence-corrected chi connectivity index (χ4v) is 3.49. The van der Waals surface area contributed by atoms with Crippen LogP contribution < -0.4 is 10.6 Å². The molecule has 0 aliphatic carbocycles. The second kappa shape index (κ2) is 11.1. The molecule has 0 saturated carbocycles. The van der Waals surface area contributed by atoms with Crippen molar-refractivity contribution >= 4 is 42.1 Å². The van der Waals surface area contributed by atoms with Gasteiger partial charge in [-0.15, -0.1) is 36.2 Å². The average molecular weight is 428 g/mol. The quantitative estimate of drug-likeness (QED) is 0.575. The van der Waals surface area contributed by atoms with Crippen molar-refractivity contribution in [2.24, 2.45) is 0 Å². The molecule has 0 spiro atoms. The molecule has 0 aliphatic rings. The number of thiazole rings is 1. The van der Waals surface area contributed by atoms with Crippen molar-refractivity contribution in [2.75, 3.05) is 13.1 Å². The summed E-state index contributed by atoms with van der Waals surface area (Å²) in [5.74, 6) is 0.557. The van der Waals surface area contributed by atoms with Crippen molar-refractivity contribution in [1.29, 1.82) is 0 Å². The lowest BCUT2D eigenvalue weighted by Gasteiger charge is -2.13. The highest BCUT2D eigenvalue weighted by atomic mass is 35.5. The Balaban J connectivity index is 0.00000182. The molecule has 3 rings (SSSR count). The van der Waals surface area contributed by atoms with E-state index in [1.807, 2.05) is 56.3 Å². The Labute approximate surface area is 175 Å². The number of nitrogens with one attached hydrogen (secondary N) is 2. The van der Waals surface area contributed by atoms with E-state index < -0.39 is 0 Å². The zero-order chi connectivity index (χ0) is 17.6. The largest absolute Gasteiger partial charge is 0.462 e. The summed E-state index contributed by atoms with van der Waals surface area (Å²) < 4.78 is 5.44. The maximum absolute atomic E-state index is 12.7. The van der Waals surface area contributed by atoms with Gasteiger partial charge in [0.1, 0.15) is 4.88 Å². The molecule has 2 aromatic heterocycles. The molecule has 2 heterocycles. The predicted octanol–water partition coefficient (Wildman–Crippen LogP) is 4.64. The van der Waals surface area contributed by atoms with Gasteiger partial charge in [0.15, 0.2) is 10.8 Å². The molecule has 8 heteroatoms. The molecule has 0 unspecified atom stereocenters. The lowest BCUT2D eigenvalue weighted by atomic mass is 10.1. The molecule has 1 amide bonds. The van der Waals surface area contributed by atoms with Crippen LogP contribution in [0, 0.1) is 0 Å². The Morgan fingerprint density at radius 2 is 1.93 bits per heavy atom. The molecule has 5 nitrogen and oxygen atoms in total. The third-order valence-corrected chi connectivity index (χ3v) is 4.80. The zero-order valence-electron chi connectivity index (χ0n) is 15.1. The number of carbonyl (C=O) groups is 1. The van der Waals surface area contributed by atoms with Crippen molar-refractivity contribution in [1.82, 2.24) is 15.6 Å². The van der Waals surface area contributed by atoms with E-state index in [4.69, 9.17) is 4.42 Å². The highest BCUT2D eigenvalue weighted by molar-refractivity contribution is 7.17. The van der Waals surface area contributed by atoms with Gasteiger partial charge < -0.3 is 15.1 Å². The van der Waals surface area contributed by atoms with E-state index in [1.165, 1.54) is 11.3 Å². The van der Waals surface area contributed by atoms with E-state index in [1.54, 1.807) is 6.26 Å². The van der Waals surface area contributed by atoms with Gasteiger partial charge in [-0.1, -0.05) is 37.3 Å². The summed E-state index contributed by atoms with van der Waals surface area (Å²) in [6, 6.07) is 13.6. The average Bonchev–Trinajstić information content (AvgIpc) is 3.30. The molecule has 2 N–H and O–H groups in total. The van der Waals surface area contributed by atoms with Crippen molar-refractivity contribution in [3.8, 4) is 22.0 Å². The molecule has 1 atom stereocenters. The molecule has 0 radical (unpaired) electrons. The predicted molar refractivity (Wildman–Crippen MR) is 115 cm³/mol. The van der Waals surface area contributed by atoms with Gasteiger partial charge in [-0.05, 0) is 25.6 Å². The first kappa shape index (κ1) is 23.2. The highest BCUT2D eigenvalue weighted by Crippen LogP contribution is 2.34. The molecule has 27 heavy (non-hydrogen) atoms. The summed E-state index contributed by atoms with van der Waals surface area (Å²) in [4.78, 5) is 18.0. The van der Waals surface area contributed by atoms with Crippen LogP contribution in [0.15, 0.2) is 53.1 Å². The summed E-state index contributed by atoms with van der Waals surface area (Å²) in [7, 11) is 0. The number of furan rings is 1. The van der Waals surface area contributed by atoms with Crippen LogP contribution in [0.3, 0.4) is 0 Å². The minimum absolute atomic E-state index is 0. The Morgan fingerprint density at radius 1 is 1.19 bits per heavy atom. The molecule has 146 valence electrons. The number of benzene rings is 1. The Morgan fingerprint density at radius 3 is 2.56 bits per heavy atom. The lowest BCUT2D eigenvalue weighted by Crippen LogP contribution is -2.38. The first-order chi connectivity index (χ1) is 12.2. The molecule has 0 bridgehead atoms. The topological polar surface area (TPSA) is 67.2 Å². The number of amides is 1. The smallest absolute Gasteiger partial charge is 0.263 e. The number of rotatable bonds is 7. The van der Waals surface area contributed by atoms with Gasteiger partial charge in [0.25, 0.3) is 5.91 Å². The fraction of sp³-hybridized carbons (Fsp3) is 0.263. The van der Waals surface area contributed by atoms with Gasteiger partial charge in [0.05, 0.1) is 12.0 Å². The van der Waals surface area contributed by atoms with Crippen LogP contribution in [0.5, 0.6) is 0 Å². The second-order valence-corrected chi connectivity index (χ2v) is 6.71. The van der Waals surface area contributed by atoms with E-state index >= 15 is 0 Å². The number of likely N-dealkylation sites (N-methyl/N-ethyl adjacent to an activating group) is 1. The third kappa shape index (κ3) is 5.81. The lowest BCUT2D eigenvalue weighted by molar-refractivity contribution is 0.0954. The van der Waals surface area contributed by atoms with Gasteiger partial charge >= 0.3 is 0 Å². The number of nitrogens with zero attached hydrogens (tertiary/aromatic N) is 1. The minimum atomic E-state index is -0.112. The summed E-state index contributed by atoms with van der Waals surface area (Å²) in [5.41, 5.74) is 1.60. The maximum Gasteiger partial charge on any atom is 0.263 e. The number of halogens is 2. The molecular weight excluding hydrogens is 405 g/mol. The third-order valence-electron chi connectivity index (χ3n) is 3.73. The molecule has 0 aliphatic heterocycles. The maximum atomic E-state index is 12.7. The standard InChI is InChI=1S/C19H21N3O2S.2ClH/c1-3-20-13(2)12-21-18(23)17-16(14-8-5-4-6-9-14)22-19(25-17)15-10-7-11-24-15;;/h4-11,13,20H,3,12H2,1-2H3,(H,21,23);2*1H/t13-;;/m1../s1. The van der Waals surface area contributed by atoms with Crippen LogP contribution in [-0.2, 0) is 0 Å². The van der Waals surface area contributed by atoms with E-state index in [-0.39, 0.29) is 36.8 Å². The van der Waals surface area contributed by atoms with E-state index in [0.29, 0.717) is 27.9 Å². The van der Waals surface area contributed by atoms with Crippen molar-refractivity contribution < 1.29 is 9.21 Å². The first-order valence-electron chi connectivity index (χ1n) is 8.30. The molecule has 0 saturated heterocycles. The van der Waals surface area contributed by atoms with E-state index in [0.717, 1.165) is 12.1 Å². The van der Waals surface area contributed by atoms with Crippen molar-refractivity contribution in [3.63, 3.8) is 0 Å².